The van der Waals surface area contributed by atoms with E-state index in [4.69, 9.17) is 4.52 Å². The monoisotopic (exact) mass is 476 g/mol. The van der Waals surface area contributed by atoms with Crippen LogP contribution in [0.4, 0.5) is 0 Å². The van der Waals surface area contributed by atoms with E-state index in [0.717, 1.165) is 5.56 Å². The molecule has 174 valence electrons. The van der Waals surface area contributed by atoms with Gasteiger partial charge in [-0.25, -0.2) is 8.42 Å². The van der Waals surface area contributed by atoms with Crippen LogP contribution in [0.5, 0.6) is 0 Å². The van der Waals surface area contributed by atoms with Crippen LogP contribution in [0.3, 0.4) is 0 Å². The first-order valence-corrected chi connectivity index (χ1v) is 12.4. The lowest BCUT2D eigenvalue weighted by molar-refractivity contribution is 0.0914. The number of aromatic nitrogens is 3. The molecule has 1 amide bonds. The predicted molar refractivity (Wildman–Crippen MR) is 126 cm³/mol. The van der Waals surface area contributed by atoms with Gasteiger partial charge in [-0.05, 0) is 47.9 Å². The maximum absolute atomic E-state index is 12.9. The molecule has 4 aromatic rings. The molecule has 8 nitrogen and oxygen atoms in total. The van der Waals surface area contributed by atoms with Crippen LogP contribution in [0.1, 0.15) is 41.7 Å². The Balaban J connectivity index is 1.46. The van der Waals surface area contributed by atoms with E-state index in [2.05, 4.69) is 20.4 Å². The summed E-state index contributed by atoms with van der Waals surface area (Å²) in [7, 11) is -3.47. The Hall–Kier alpha value is -3.85. The van der Waals surface area contributed by atoms with Crippen LogP contribution in [0.25, 0.3) is 11.4 Å². The Morgan fingerprint density at radius 1 is 0.971 bits per heavy atom. The number of amides is 1. The van der Waals surface area contributed by atoms with Gasteiger partial charge >= 0.3 is 0 Å². The van der Waals surface area contributed by atoms with Gasteiger partial charge in [-0.1, -0.05) is 49.3 Å². The fourth-order valence-electron chi connectivity index (χ4n) is 3.40. The summed E-state index contributed by atoms with van der Waals surface area (Å²) in [6.45, 7) is 3.89. The molecule has 0 radical (unpaired) electrons. The lowest BCUT2D eigenvalue weighted by Crippen LogP contribution is -2.32. The Kier molecular flexibility index (Phi) is 6.83. The Morgan fingerprint density at radius 3 is 2.29 bits per heavy atom. The standard InChI is InChI=1S/C25H24N4O4S/c1-17(2)22(25-28-23(29-33-25)19-12-14-26-15-13-19)27-24(30)20-10-8-18(9-11-20)16-34(31,32)21-6-4-3-5-7-21/h3-15,17,22H,16H2,1-2H3,(H,27,30). The second-order valence-electron chi connectivity index (χ2n) is 8.16. The molecular formula is C25H24N4O4S. The summed E-state index contributed by atoms with van der Waals surface area (Å²) in [5.41, 5.74) is 1.76. The van der Waals surface area contributed by atoms with Gasteiger partial charge in [-0.3, -0.25) is 9.78 Å². The molecule has 0 fully saturated rings. The molecule has 2 heterocycles. The summed E-state index contributed by atoms with van der Waals surface area (Å²) >= 11 is 0. The quantitative estimate of drug-likeness (QED) is 0.405. The first kappa shape index (κ1) is 23.3. The Bertz CT molecular complexity index is 1350. The number of hydrogen-bond donors (Lipinski definition) is 1. The summed E-state index contributed by atoms with van der Waals surface area (Å²) < 4.78 is 30.6. The topological polar surface area (TPSA) is 115 Å². The fraction of sp³-hybridized carbons (Fsp3) is 0.200. The molecule has 0 spiro atoms. The normalized spacial score (nSPS) is 12.4. The van der Waals surface area contributed by atoms with E-state index in [1.807, 2.05) is 13.8 Å². The van der Waals surface area contributed by atoms with Gasteiger partial charge in [0.2, 0.25) is 11.7 Å². The molecule has 0 aliphatic heterocycles. The van der Waals surface area contributed by atoms with Gasteiger partial charge in [0.15, 0.2) is 9.84 Å². The average molecular weight is 477 g/mol. The van der Waals surface area contributed by atoms with Crippen LogP contribution in [0.15, 0.2) is 88.5 Å². The smallest absolute Gasteiger partial charge is 0.251 e. The van der Waals surface area contributed by atoms with Crippen LogP contribution in [0, 0.1) is 5.92 Å². The van der Waals surface area contributed by atoms with E-state index in [1.54, 1.807) is 79.1 Å². The number of hydrogen-bond acceptors (Lipinski definition) is 7. The highest BCUT2D eigenvalue weighted by atomic mass is 32.2. The number of nitrogens with zero attached hydrogens (tertiary/aromatic N) is 3. The van der Waals surface area contributed by atoms with Gasteiger partial charge in [0.25, 0.3) is 5.91 Å². The molecular weight excluding hydrogens is 452 g/mol. The van der Waals surface area contributed by atoms with E-state index in [0.29, 0.717) is 22.8 Å². The molecule has 2 aromatic heterocycles. The van der Waals surface area contributed by atoms with Crippen molar-refractivity contribution in [1.29, 1.82) is 0 Å². The third-order valence-corrected chi connectivity index (χ3v) is 6.98. The maximum atomic E-state index is 12.9. The molecule has 0 saturated carbocycles. The molecule has 2 aromatic carbocycles. The van der Waals surface area contributed by atoms with Crippen molar-refractivity contribution in [2.75, 3.05) is 0 Å². The predicted octanol–water partition coefficient (Wildman–Crippen LogP) is 4.23. The second kappa shape index (κ2) is 9.96. The zero-order chi connectivity index (χ0) is 24.1. The minimum absolute atomic E-state index is 0.00928. The summed E-state index contributed by atoms with van der Waals surface area (Å²) in [5.74, 6) is 0.250. The SMILES string of the molecule is CC(C)C(NC(=O)c1ccc(CS(=O)(=O)c2ccccc2)cc1)c1nc(-c2ccncc2)no1. The van der Waals surface area contributed by atoms with Gasteiger partial charge in [0, 0.05) is 23.5 Å². The van der Waals surface area contributed by atoms with Crippen molar-refractivity contribution in [3.05, 3.63) is 96.1 Å². The summed E-state index contributed by atoms with van der Waals surface area (Å²) in [4.78, 5) is 21.6. The summed E-state index contributed by atoms with van der Waals surface area (Å²) in [5, 5.41) is 6.96. The van der Waals surface area contributed by atoms with E-state index < -0.39 is 15.9 Å². The van der Waals surface area contributed by atoms with Crippen molar-refractivity contribution in [2.24, 2.45) is 5.92 Å². The second-order valence-corrected chi connectivity index (χ2v) is 10.1. The minimum atomic E-state index is -3.47. The molecule has 9 heteroatoms. The highest BCUT2D eigenvalue weighted by molar-refractivity contribution is 7.90. The molecule has 0 saturated heterocycles. The van der Waals surface area contributed by atoms with Crippen molar-refractivity contribution in [1.82, 2.24) is 20.4 Å². The van der Waals surface area contributed by atoms with E-state index >= 15 is 0 Å². The third-order valence-electron chi connectivity index (χ3n) is 5.27. The number of pyridine rings is 1. The lowest BCUT2D eigenvalue weighted by Gasteiger charge is -2.18. The Morgan fingerprint density at radius 2 is 1.65 bits per heavy atom. The number of nitrogens with one attached hydrogen (secondary N) is 1. The molecule has 0 bridgehead atoms. The average Bonchev–Trinajstić information content (AvgIpc) is 3.33. The van der Waals surface area contributed by atoms with Gasteiger partial charge in [0.1, 0.15) is 6.04 Å². The molecule has 4 rings (SSSR count). The van der Waals surface area contributed by atoms with Gasteiger partial charge in [-0.2, -0.15) is 4.98 Å². The minimum Gasteiger partial charge on any atom is -0.340 e. The highest BCUT2D eigenvalue weighted by Crippen LogP contribution is 2.24. The summed E-state index contributed by atoms with van der Waals surface area (Å²) in [6.07, 6.45) is 3.28. The van der Waals surface area contributed by atoms with Crippen LogP contribution < -0.4 is 5.32 Å². The van der Waals surface area contributed by atoms with Crippen LogP contribution in [-0.2, 0) is 15.6 Å². The number of carbonyl (C=O) groups is 1. The molecule has 34 heavy (non-hydrogen) atoms. The number of benzene rings is 2. The van der Waals surface area contributed by atoms with Crippen molar-refractivity contribution < 1.29 is 17.7 Å². The molecule has 1 unspecified atom stereocenters. The number of sulfone groups is 1. The van der Waals surface area contributed by atoms with Crippen LogP contribution in [-0.4, -0.2) is 29.4 Å². The molecule has 0 aliphatic rings. The van der Waals surface area contributed by atoms with Gasteiger partial charge < -0.3 is 9.84 Å². The van der Waals surface area contributed by atoms with Crippen LogP contribution in [0.2, 0.25) is 0 Å². The van der Waals surface area contributed by atoms with Crippen molar-refractivity contribution in [3.63, 3.8) is 0 Å². The molecule has 0 aliphatic carbocycles. The lowest BCUT2D eigenvalue weighted by atomic mass is 10.0. The van der Waals surface area contributed by atoms with Gasteiger partial charge in [-0.15, -0.1) is 0 Å². The number of carbonyl (C=O) groups excluding carboxylic acids is 1. The van der Waals surface area contributed by atoms with Crippen molar-refractivity contribution >= 4 is 15.7 Å². The van der Waals surface area contributed by atoms with Gasteiger partial charge in [0.05, 0.1) is 10.6 Å². The van der Waals surface area contributed by atoms with Crippen molar-refractivity contribution in [3.8, 4) is 11.4 Å². The summed E-state index contributed by atoms with van der Waals surface area (Å²) in [6, 6.07) is 17.9. The zero-order valence-electron chi connectivity index (χ0n) is 18.8. The largest absolute Gasteiger partial charge is 0.340 e. The van der Waals surface area contributed by atoms with Crippen LogP contribution >= 0.6 is 0 Å². The number of rotatable bonds is 8. The first-order chi connectivity index (χ1) is 16.3. The molecule has 1 atom stereocenters. The third kappa shape index (κ3) is 5.37. The zero-order valence-corrected chi connectivity index (χ0v) is 19.6. The first-order valence-electron chi connectivity index (χ1n) is 10.7. The molecule has 1 N–H and O–H groups in total. The van der Waals surface area contributed by atoms with E-state index in [9.17, 15) is 13.2 Å². The fourth-order valence-corrected chi connectivity index (χ4v) is 4.77. The highest BCUT2D eigenvalue weighted by Gasteiger charge is 2.25. The van der Waals surface area contributed by atoms with Crippen molar-refractivity contribution in [2.45, 2.75) is 30.5 Å². The van der Waals surface area contributed by atoms with E-state index in [-0.39, 0.29) is 22.5 Å². The maximum Gasteiger partial charge on any atom is 0.251 e. The van der Waals surface area contributed by atoms with E-state index in [1.165, 1.54) is 0 Å². The Labute approximate surface area is 198 Å².